The van der Waals surface area contributed by atoms with Gasteiger partial charge in [-0.15, -0.1) is 11.3 Å². The van der Waals surface area contributed by atoms with Crippen LogP contribution in [0.25, 0.3) is 93.6 Å². The fourth-order valence-corrected chi connectivity index (χ4v) is 9.18. The Balaban J connectivity index is 1.22. The molecule has 0 unspecified atom stereocenters. The van der Waals surface area contributed by atoms with Gasteiger partial charge in [-0.2, -0.15) is 0 Å². The Morgan fingerprint density at radius 3 is 1.72 bits per heavy atom. The number of hydrogen-bond acceptors (Lipinski definition) is 5. The molecule has 3 aromatic heterocycles. The number of benzene rings is 6. The maximum absolute atomic E-state index is 5.29. The maximum atomic E-state index is 5.29. The van der Waals surface area contributed by atoms with E-state index in [1.165, 1.54) is 15.8 Å². The molecule has 9 aromatic rings. The van der Waals surface area contributed by atoms with Gasteiger partial charge >= 0.3 is 0 Å². The number of para-hydroxylation sites is 1. The van der Waals surface area contributed by atoms with Crippen molar-refractivity contribution in [3.05, 3.63) is 224 Å². The topological polar surface area (TPSA) is 51.6 Å². The smallest absolute Gasteiger partial charge is 0.164 e. The SMILES string of the molecule is C=C\C=C/C(C=C)=C(C)/C=C(\C)c1c(-c2ccc(-c3nc(-c4ccccc4)nc(-c4cccc(-c5ccccc5)c4)n3)cc2)sc2c(-c3ccccc3)nc3ccccc3c12. The zero-order chi connectivity index (χ0) is 41.7. The van der Waals surface area contributed by atoms with Crippen molar-refractivity contribution in [3.63, 3.8) is 0 Å². The third-order valence-electron chi connectivity index (χ3n) is 10.8. The summed E-state index contributed by atoms with van der Waals surface area (Å²) in [5, 5.41) is 2.32. The van der Waals surface area contributed by atoms with E-state index < -0.39 is 0 Å². The molecule has 0 fully saturated rings. The van der Waals surface area contributed by atoms with Crippen LogP contribution in [0.2, 0.25) is 0 Å². The molecule has 0 spiro atoms. The van der Waals surface area contributed by atoms with Gasteiger partial charge in [-0.1, -0.05) is 195 Å². The molecule has 0 aliphatic rings. The summed E-state index contributed by atoms with van der Waals surface area (Å²) in [6.07, 6.45) is 9.95. The molecule has 9 rings (SSSR count). The van der Waals surface area contributed by atoms with E-state index in [2.05, 4.69) is 160 Å². The summed E-state index contributed by atoms with van der Waals surface area (Å²) in [5.41, 5.74) is 13.6. The highest BCUT2D eigenvalue weighted by molar-refractivity contribution is 7.23. The molecule has 6 aromatic carbocycles. The summed E-state index contributed by atoms with van der Waals surface area (Å²) in [4.78, 5) is 21.6. The van der Waals surface area contributed by atoms with E-state index in [9.17, 15) is 0 Å². The lowest BCUT2D eigenvalue weighted by Crippen LogP contribution is -2.00. The van der Waals surface area contributed by atoms with Gasteiger partial charge in [0.05, 0.1) is 15.9 Å². The monoisotopic (exact) mass is 802 g/mol. The van der Waals surface area contributed by atoms with Crippen LogP contribution in [0.3, 0.4) is 0 Å². The van der Waals surface area contributed by atoms with E-state index >= 15 is 0 Å². The van der Waals surface area contributed by atoms with E-state index in [0.717, 1.165) is 77.0 Å². The highest BCUT2D eigenvalue weighted by Gasteiger charge is 2.23. The van der Waals surface area contributed by atoms with Crippen LogP contribution in [0.5, 0.6) is 0 Å². The van der Waals surface area contributed by atoms with Crippen LogP contribution in [0, 0.1) is 0 Å². The quantitative estimate of drug-likeness (QED) is 0.122. The lowest BCUT2D eigenvalue weighted by atomic mass is 9.94. The van der Waals surface area contributed by atoms with Crippen LogP contribution >= 0.6 is 11.3 Å². The maximum Gasteiger partial charge on any atom is 0.164 e. The molecule has 0 aliphatic carbocycles. The van der Waals surface area contributed by atoms with Crippen LogP contribution in [-0.2, 0) is 0 Å². The molecule has 4 nitrogen and oxygen atoms in total. The molecule has 292 valence electrons. The minimum Gasteiger partial charge on any atom is -0.246 e. The average molecular weight is 803 g/mol. The molecular weight excluding hydrogens is 761 g/mol. The van der Waals surface area contributed by atoms with Crippen LogP contribution in [0.4, 0.5) is 0 Å². The predicted octanol–water partition coefficient (Wildman–Crippen LogP) is 15.3. The summed E-state index contributed by atoms with van der Waals surface area (Å²) in [6, 6.07) is 56.5. The van der Waals surface area contributed by atoms with Crippen molar-refractivity contribution >= 4 is 37.9 Å². The van der Waals surface area contributed by atoms with E-state index in [-0.39, 0.29) is 0 Å². The normalized spacial score (nSPS) is 12.2. The molecule has 0 saturated carbocycles. The highest BCUT2D eigenvalue weighted by atomic mass is 32.1. The molecule has 0 N–H and O–H groups in total. The first kappa shape index (κ1) is 38.9. The fourth-order valence-electron chi connectivity index (χ4n) is 7.78. The predicted molar refractivity (Wildman–Crippen MR) is 259 cm³/mol. The lowest BCUT2D eigenvalue weighted by Gasteiger charge is -2.11. The number of thiophene rings is 1. The first-order chi connectivity index (χ1) is 30.0. The average Bonchev–Trinajstić information content (AvgIpc) is 3.74. The van der Waals surface area contributed by atoms with Gasteiger partial charge in [-0.05, 0) is 59.4 Å². The standard InChI is InChI=1S/C56H42N4S/c1-5-7-20-39(6-2)37(3)35-38(4)49-50-47-29-17-18-30-48(47)57-51(41-23-13-9-14-24-41)53(50)61-52(49)42-31-33-44(34-32-42)55-58-54(43-25-15-10-16-26-43)59-56(60-55)46-28-19-27-45(36-46)40-21-11-8-12-22-40/h5-36H,1-2H2,3-4H3/b20-7-,38-35+,39-37+. The summed E-state index contributed by atoms with van der Waals surface area (Å²) in [5.74, 6) is 1.86. The Bertz CT molecular complexity index is 3160. The van der Waals surface area contributed by atoms with Gasteiger partial charge < -0.3 is 0 Å². The highest BCUT2D eigenvalue weighted by Crippen LogP contribution is 2.48. The Hall–Kier alpha value is -7.60. The number of pyridine rings is 1. The molecule has 0 amide bonds. The van der Waals surface area contributed by atoms with Gasteiger partial charge in [0, 0.05) is 43.5 Å². The fraction of sp³-hybridized carbons (Fsp3) is 0.0357. The summed E-state index contributed by atoms with van der Waals surface area (Å²) in [6.45, 7) is 12.3. The van der Waals surface area contributed by atoms with Crippen LogP contribution in [0.1, 0.15) is 19.4 Å². The molecule has 0 atom stereocenters. The van der Waals surface area contributed by atoms with Crippen molar-refractivity contribution in [3.8, 4) is 67.0 Å². The zero-order valence-electron chi connectivity index (χ0n) is 34.1. The minimum atomic E-state index is 0.611. The molecule has 0 bridgehead atoms. The number of allylic oxidation sites excluding steroid dienone is 8. The van der Waals surface area contributed by atoms with Crippen molar-refractivity contribution in [1.29, 1.82) is 0 Å². The summed E-state index contributed by atoms with van der Waals surface area (Å²) in [7, 11) is 0. The molecule has 61 heavy (non-hydrogen) atoms. The Kier molecular flexibility index (Phi) is 11.0. The van der Waals surface area contributed by atoms with E-state index in [1.807, 2.05) is 54.6 Å². The Labute approximate surface area is 361 Å². The number of hydrogen-bond donors (Lipinski definition) is 0. The minimum absolute atomic E-state index is 0.611. The second kappa shape index (κ2) is 17.3. The number of fused-ring (bicyclic) bond motifs is 3. The van der Waals surface area contributed by atoms with E-state index in [1.54, 1.807) is 17.4 Å². The van der Waals surface area contributed by atoms with Crippen LogP contribution < -0.4 is 0 Å². The summed E-state index contributed by atoms with van der Waals surface area (Å²) < 4.78 is 1.15. The molecular formula is C56H42N4S. The molecule has 0 saturated heterocycles. The molecule has 5 heteroatoms. The van der Waals surface area contributed by atoms with Crippen molar-refractivity contribution < 1.29 is 0 Å². The second-order valence-corrected chi connectivity index (χ2v) is 15.8. The lowest BCUT2D eigenvalue weighted by molar-refractivity contribution is 1.07. The molecule has 3 heterocycles. The van der Waals surface area contributed by atoms with Crippen molar-refractivity contribution in [2.75, 3.05) is 0 Å². The van der Waals surface area contributed by atoms with Gasteiger partial charge in [-0.25, -0.2) is 19.9 Å². The number of aromatic nitrogens is 4. The van der Waals surface area contributed by atoms with Gasteiger partial charge in [0.1, 0.15) is 0 Å². The molecule has 0 radical (unpaired) electrons. The van der Waals surface area contributed by atoms with Gasteiger partial charge in [0.15, 0.2) is 17.5 Å². The second-order valence-electron chi connectivity index (χ2n) is 14.8. The summed E-state index contributed by atoms with van der Waals surface area (Å²) >= 11 is 1.79. The molecule has 0 aliphatic heterocycles. The third kappa shape index (κ3) is 7.95. The Morgan fingerprint density at radius 1 is 0.525 bits per heavy atom. The van der Waals surface area contributed by atoms with Gasteiger partial charge in [0.25, 0.3) is 0 Å². The third-order valence-corrected chi connectivity index (χ3v) is 12.0. The van der Waals surface area contributed by atoms with Gasteiger partial charge in [0.2, 0.25) is 0 Å². The van der Waals surface area contributed by atoms with Crippen LogP contribution in [0.15, 0.2) is 218 Å². The van der Waals surface area contributed by atoms with Crippen molar-refractivity contribution in [1.82, 2.24) is 19.9 Å². The van der Waals surface area contributed by atoms with Crippen molar-refractivity contribution in [2.45, 2.75) is 13.8 Å². The van der Waals surface area contributed by atoms with Gasteiger partial charge in [-0.3, -0.25) is 0 Å². The first-order valence-corrected chi connectivity index (χ1v) is 21.1. The zero-order valence-corrected chi connectivity index (χ0v) is 34.9. The van der Waals surface area contributed by atoms with Crippen LogP contribution in [-0.4, -0.2) is 19.9 Å². The first-order valence-electron chi connectivity index (χ1n) is 20.3. The largest absolute Gasteiger partial charge is 0.246 e. The number of nitrogens with zero attached hydrogens (tertiary/aromatic N) is 4. The van der Waals surface area contributed by atoms with E-state index in [4.69, 9.17) is 19.9 Å². The number of rotatable bonds is 11. The van der Waals surface area contributed by atoms with Crippen molar-refractivity contribution in [2.24, 2.45) is 0 Å². The van der Waals surface area contributed by atoms with E-state index in [0.29, 0.717) is 17.5 Å². The Morgan fingerprint density at radius 2 is 1.07 bits per heavy atom.